The zero-order chi connectivity index (χ0) is 14.4. The van der Waals surface area contributed by atoms with E-state index in [4.69, 9.17) is 0 Å². The molecule has 0 bridgehead atoms. The molecule has 0 saturated heterocycles. The highest BCUT2D eigenvalue weighted by molar-refractivity contribution is 6.02. The fourth-order valence-corrected chi connectivity index (χ4v) is 3.09. The topological polar surface area (TPSA) is 44.8 Å². The monoisotopic (exact) mass is 278 g/mol. The number of hydrogen-bond donors (Lipinski definition) is 1. The number of hydrogen-bond acceptors (Lipinski definition) is 3. The number of rotatable bonds is 2. The zero-order valence-electron chi connectivity index (χ0n) is 12.3. The number of H-pyrrole nitrogens is 1. The molecule has 3 heterocycles. The second kappa shape index (κ2) is 4.58. The quantitative estimate of drug-likeness (QED) is 0.776. The number of anilines is 1. The molecule has 0 radical (unpaired) electrons. The largest absolute Gasteiger partial charge is 0.349 e. The average molecular weight is 278 g/mol. The molecule has 1 unspecified atom stereocenters. The van der Waals surface area contributed by atoms with Crippen molar-refractivity contribution in [2.45, 2.75) is 32.9 Å². The van der Waals surface area contributed by atoms with Gasteiger partial charge in [0.25, 0.3) is 0 Å². The van der Waals surface area contributed by atoms with E-state index in [9.17, 15) is 0 Å². The Morgan fingerprint density at radius 3 is 3.00 bits per heavy atom. The van der Waals surface area contributed by atoms with Gasteiger partial charge in [-0.3, -0.25) is 5.10 Å². The van der Waals surface area contributed by atoms with Crippen LogP contribution in [0.2, 0.25) is 0 Å². The van der Waals surface area contributed by atoms with E-state index in [1.807, 2.05) is 12.3 Å². The SMILES string of the molecule is CCC(C)N1Cc2ccccc2-c2n[nH]c3ccnc1c23. The Bertz CT molecular complexity index is 805. The highest BCUT2D eigenvalue weighted by Crippen LogP contribution is 2.39. The fourth-order valence-electron chi connectivity index (χ4n) is 3.09. The lowest BCUT2D eigenvalue weighted by atomic mass is 10.0. The summed E-state index contributed by atoms with van der Waals surface area (Å²) in [4.78, 5) is 7.07. The Morgan fingerprint density at radius 2 is 2.14 bits per heavy atom. The van der Waals surface area contributed by atoms with Crippen LogP contribution >= 0.6 is 0 Å². The van der Waals surface area contributed by atoms with Gasteiger partial charge in [0.15, 0.2) is 0 Å². The Hall–Kier alpha value is -2.36. The Kier molecular flexibility index (Phi) is 2.70. The van der Waals surface area contributed by atoms with Crippen molar-refractivity contribution < 1.29 is 0 Å². The van der Waals surface area contributed by atoms with Crippen molar-refractivity contribution >= 4 is 16.7 Å². The fraction of sp³-hybridized carbons (Fsp3) is 0.294. The van der Waals surface area contributed by atoms with E-state index in [2.05, 4.69) is 58.2 Å². The van der Waals surface area contributed by atoms with Gasteiger partial charge in [-0.05, 0) is 25.0 Å². The van der Waals surface area contributed by atoms with E-state index < -0.39 is 0 Å². The molecule has 4 heteroatoms. The lowest BCUT2D eigenvalue weighted by molar-refractivity contribution is 0.611. The third-order valence-electron chi connectivity index (χ3n) is 4.46. The molecule has 1 aromatic carbocycles. The normalized spacial score (nSPS) is 14.9. The molecular formula is C17H18N4. The van der Waals surface area contributed by atoms with E-state index in [-0.39, 0.29) is 0 Å². The molecule has 1 aliphatic rings. The summed E-state index contributed by atoms with van der Waals surface area (Å²) >= 11 is 0. The molecule has 106 valence electrons. The van der Waals surface area contributed by atoms with Gasteiger partial charge in [0.05, 0.1) is 10.9 Å². The summed E-state index contributed by atoms with van der Waals surface area (Å²) in [6.45, 7) is 5.36. The molecule has 0 spiro atoms. The molecule has 1 N–H and O–H groups in total. The van der Waals surface area contributed by atoms with Crippen LogP contribution in [0, 0.1) is 0 Å². The standard InChI is InChI=1S/C17H18N4/c1-3-11(2)21-10-12-6-4-5-7-13(12)16-15-14(19-20-16)8-9-18-17(15)21/h4-9,11H,3,10H2,1-2H3,(H,19,20). The third kappa shape index (κ3) is 1.75. The first-order valence-corrected chi connectivity index (χ1v) is 7.47. The number of aromatic amines is 1. The first-order chi connectivity index (χ1) is 10.3. The van der Waals surface area contributed by atoms with E-state index in [1.165, 1.54) is 11.1 Å². The second-order valence-corrected chi connectivity index (χ2v) is 5.67. The maximum absolute atomic E-state index is 4.67. The smallest absolute Gasteiger partial charge is 0.140 e. The first kappa shape index (κ1) is 12.4. The zero-order valence-corrected chi connectivity index (χ0v) is 12.3. The van der Waals surface area contributed by atoms with Gasteiger partial charge >= 0.3 is 0 Å². The van der Waals surface area contributed by atoms with Crippen molar-refractivity contribution in [3.63, 3.8) is 0 Å². The lowest BCUT2D eigenvalue weighted by Crippen LogP contribution is -2.32. The van der Waals surface area contributed by atoms with E-state index in [0.29, 0.717) is 6.04 Å². The summed E-state index contributed by atoms with van der Waals surface area (Å²) in [5, 5.41) is 8.85. The molecule has 0 amide bonds. The summed E-state index contributed by atoms with van der Waals surface area (Å²) in [5.74, 6) is 1.04. The predicted octanol–water partition coefficient (Wildman–Crippen LogP) is 3.74. The second-order valence-electron chi connectivity index (χ2n) is 5.67. The Labute approximate surface area is 123 Å². The lowest BCUT2D eigenvalue weighted by Gasteiger charge is -2.29. The molecule has 21 heavy (non-hydrogen) atoms. The summed E-state index contributed by atoms with van der Waals surface area (Å²) in [6.07, 6.45) is 2.96. The van der Waals surface area contributed by atoms with Gasteiger partial charge in [-0.25, -0.2) is 4.98 Å². The third-order valence-corrected chi connectivity index (χ3v) is 4.46. The molecule has 1 atom stereocenters. The molecule has 2 aromatic heterocycles. The molecule has 4 nitrogen and oxygen atoms in total. The minimum atomic E-state index is 0.442. The van der Waals surface area contributed by atoms with Crippen molar-refractivity contribution in [1.82, 2.24) is 15.2 Å². The van der Waals surface area contributed by atoms with Crippen molar-refractivity contribution in [2.24, 2.45) is 0 Å². The van der Waals surface area contributed by atoms with Gasteiger partial charge in [-0.2, -0.15) is 5.10 Å². The van der Waals surface area contributed by atoms with Crippen LogP contribution in [0.25, 0.3) is 22.2 Å². The van der Waals surface area contributed by atoms with Crippen LogP contribution in [0.15, 0.2) is 36.5 Å². The van der Waals surface area contributed by atoms with Crippen LogP contribution < -0.4 is 4.90 Å². The van der Waals surface area contributed by atoms with Gasteiger partial charge in [-0.15, -0.1) is 0 Å². The van der Waals surface area contributed by atoms with Crippen LogP contribution in [0.4, 0.5) is 5.82 Å². The predicted molar refractivity (Wildman–Crippen MR) is 85.3 cm³/mol. The molecular weight excluding hydrogens is 260 g/mol. The van der Waals surface area contributed by atoms with Crippen LogP contribution in [-0.2, 0) is 6.54 Å². The van der Waals surface area contributed by atoms with Crippen LogP contribution in [0.1, 0.15) is 25.8 Å². The molecule has 4 rings (SSSR count). The molecule has 0 saturated carbocycles. The summed E-state index contributed by atoms with van der Waals surface area (Å²) in [5.41, 5.74) is 4.60. The maximum atomic E-state index is 4.67. The van der Waals surface area contributed by atoms with Gasteiger partial charge < -0.3 is 4.90 Å². The number of aromatic nitrogens is 3. The van der Waals surface area contributed by atoms with Crippen LogP contribution in [0.5, 0.6) is 0 Å². The summed E-state index contributed by atoms with van der Waals surface area (Å²) in [6, 6.07) is 11.0. The van der Waals surface area contributed by atoms with Crippen molar-refractivity contribution in [3.8, 4) is 11.3 Å². The average Bonchev–Trinajstić information content (AvgIpc) is 2.90. The maximum Gasteiger partial charge on any atom is 0.140 e. The highest BCUT2D eigenvalue weighted by atomic mass is 15.2. The molecule has 0 fully saturated rings. The highest BCUT2D eigenvalue weighted by Gasteiger charge is 2.26. The number of nitrogens with one attached hydrogen (secondary N) is 1. The van der Waals surface area contributed by atoms with Gasteiger partial charge in [0, 0.05) is 24.3 Å². The molecule has 1 aliphatic heterocycles. The summed E-state index contributed by atoms with van der Waals surface area (Å²) in [7, 11) is 0. The van der Waals surface area contributed by atoms with E-state index >= 15 is 0 Å². The minimum absolute atomic E-state index is 0.442. The number of nitrogens with zero attached hydrogens (tertiary/aromatic N) is 3. The van der Waals surface area contributed by atoms with Gasteiger partial charge in [0.2, 0.25) is 0 Å². The van der Waals surface area contributed by atoms with E-state index in [1.54, 1.807) is 0 Å². The Morgan fingerprint density at radius 1 is 1.29 bits per heavy atom. The number of pyridine rings is 1. The first-order valence-electron chi connectivity index (χ1n) is 7.47. The van der Waals surface area contributed by atoms with Crippen LogP contribution in [-0.4, -0.2) is 21.2 Å². The van der Waals surface area contributed by atoms with Crippen LogP contribution in [0.3, 0.4) is 0 Å². The number of benzene rings is 1. The molecule has 0 aliphatic carbocycles. The van der Waals surface area contributed by atoms with Gasteiger partial charge in [-0.1, -0.05) is 31.2 Å². The number of fused-ring (bicyclic) bond motifs is 2. The molecule has 3 aromatic rings. The van der Waals surface area contributed by atoms with Crippen molar-refractivity contribution in [1.29, 1.82) is 0 Å². The van der Waals surface area contributed by atoms with Gasteiger partial charge in [0.1, 0.15) is 11.5 Å². The summed E-state index contributed by atoms with van der Waals surface area (Å²) < 4.78 is 0. The Balaban J connectivity index is 2.06. The van der Waals surface area contributed by atoms with Crippen molar-refractivity contribution in [3.05, 3.63) is 42.1 Å². The van der Waals surface area contributed by atoms with Crippen molar-refractivity contribution in [2.75, 3.05) is 4.90 Å². The minimum Gasteiger partial charge on any atom is -0.349 e. The van der Waals surface area contributed by atoms with E-state index in [0.717, 1.165) is 35.4 Å².